The molecule has 5 heteroatoms. The zero-order valence-electron chi connectivity index (χ0n) is 13.7. The Hall–Kier alpha value is -0.580. The molecule has 4 nitrogen and oxygen atoms in total. The van der Waals surface area contributed by atoms with Gasteiger partial charge in [-0.2, -0.15) is 5.10 Å². The van der Waals surface area contributed by atoms with Crippen molar-refractivity contribution >= 4 is 11.6 Å². The van der Waals surface area contributed by atoms with Gasteiger partial charge in [-0.1, -0.05) is 11.6 Å². The average molecular weight is 314 g/mol. The van der Waals surface area contributed by atoms with E-state index in [2.05, 4.69) is 24.3 Å². The summed E-state index contributed by atoms with van der Waals surface area (Å²) in [6, 6.07) is 0.455. The molecule has 1 aliphatic carbocycles. The molecule has 120 valence electrons. The molecule has 1 aromatic rings. The zero-order valence-corrected chi connectivity index (χ0v) is 14.4. The van der Waals surface area contributed by atoms with Crippen LogP contribution in [-0.4, -0.2) is 35.6 Å². The molecule has 1 saturated carbocycles. The smallest absolute Gasteiger partial charge is 0.0847 e. The lowest BCUT2D eigenvalue weighted by Gasteiger charge is -2.37. The summed E-state index contributed by atoms with van der Waals surface area (Å²) in [5.41, 5.74) is 2.10. The molecule has 1 heterocycles. The van der Waals surface area contributed by atoms with Gasteiger partial charge in [-0.25, -0.2) is 0 Å². The molecule has 0 aliphatic heterocycles. The highest BCUT2D eigenvalue weighted by Crippen LogP contribution is 2.34. The highest BCUT2D eigenvalue weighted by atomic mass is 35.5. The standard InChI is InChI=1S/C16H28ClN3O/c1-5-20-15(16(17)11(3)19-20)10-13(18-4)7-12-8-14(9-12)21-6-2/h12-14,18H,5-10H2,1-4H3. The Bertz CT molecular complexity index is 455. The Balaban J connectivity index is 1.91. The highest BCUT2D eigenvalue weighted by molar-refractivity contribution is 6.31. The van der Waals surface area contributed by atoms with E-state index in [4.69, 9.17) is 16.3 Å². The lowest BCUT2D eigenvalue weighted by Crippen LogP contribution is -2.38. The van der Waals surface area contributed by atoms with Crippen molar-refractivity contribution in [1.29, 1.82) is 0 Å². The number of aromatic nitrogens is 2. The van der Waals surface area contributed by atoms with E-state index >= 15 is 0 Å². The SMILES string of the molecule is CCOC1CC(CC(Cc2c(Cl)c(C)nn2CC)NC)C1. The van der Waals surface area contributed by atoms with Crippen molar-refractivity contribution in [3.8, 4) is 0 Å². The van der Waals surface area contributed by atoms with Crippen LogP contribution in [0.2, 0.25) is 5.02 Å². The average Bonchev–Trinajstić information content (AvgIpc) is 2.71. The van der Waals surface area contributed by atoms with Crippen LogP contribution in [0.4, 0.5) is 0 Å². The van der Waals surface area contributed by atoms with Crippen LogP contribution >= 0.6 is 11.6 Å². The van der Waals surface area contributed by atoms with E-state index in [0.29, 0.717) is 12.1 Å². The van der Waals surface area contributed by atoms with Gasteiger partial charge in [0.25, 0.3) is 0 Å². The van der Waals surface area contributed by atoms with Crippen molar-refractivity contribution in [3.05, 3.63) is 16.4 Å². The molecule has 0 saturated heterocycles. The van der Waals surface area contributed by atoms with Crippen LogP contribution < -0.4 is 5.32 Å². The van der Waals surface area contributed by atoms with E-state index in [-0.39, 0.29) is 0 Å². The molecular weight excluding hydrogens is 286 g/mol. The Labute approximate surface area is 133 Å². The molecule has 0 aromatic carbocycles. The number of hydrogen-bond acceptors (Lipinski definition) is 3. The van der Waals surface area contributed by atoms with E-state index in [0.717, 1.165) is 41.9 Å². The molecule has 21 heavy (non-hydrogen) atoms. The number of likely N-dealkylation sites (N-methyl/N-ethyl adjacent to an activating group) is 1. The van der Waals surface area contributed by atoms with Crippen LogP contribution in [0.5, 0.6) is 0 Å². The summed E-state index contributed by atoms with van der Waals surface area (Å²) in [5.74, 6) is 0.775. The van der Waals surface area contributed by atoms with E-state index in [9.17, 15) is 0 Å². The fourth-order valence-corrected chi connectivity index (χ4v) is 3.45. The lowest BCUT2D eigenvalue weighted by atomic mass is 9.77. The number of hydrogen-bond donors (Lipinski definition) is 1. The highest BCUT2D eigenvalue weighted by Gasteiger charge is 2.31. The third-order valence-electron chi connectivity index (χ3n) is 4.51. The minimum absolute atomic E-state index is 0.455. The van der Waals surface area contributed by atoms with Gasteiger partial charge in [0.2, 0.25) is 0 Å². The maximum absolute atomic E-state index is 6.41. The van der Waals surface area contributed by atoms with E-state index < -0.39 is 0 Å². The van der Waals surface area contributed by atoms with E-state index in [1.54, 1.807) is 0 Å². The van der Waals surface area contributed by atoms with Crippen molar-refractivity contribution in [1.82, 2.24) is 15.1 Å². The predicted octanol–water partition coefficient (Wildman–Crippen LogP) is 3.20. The maximum atomic E-state index is 6.41. The van der Waals surface area contributed by atoms with Gasteiger partial charge in [0, 0.05) is 25.6 Å². The predicted molar refractivity (Wildman–Crippen MR) is 87.0 cm³/mol. The molecule has 1 aromatic heterocycles. The molecule has 2 rings (SSSR count). The quantitative estimate of drug-likeness (QED) is 0.801. The third kappa shape index (κ3) is 3.99. The number of nitrogens with zero attached hydrogens (tertiary/aromatic N) is 2. The van der Waals surface area contributed by atoms with Gasteiger partial charge in [0.05, 0.1) is 22.5 Å². The molecule has 1 unspecified atom stereocenters. The normalized spacial score (nSPS) is 23.1. The maximum Gasteiger partial charge on any atom is 0.0847 e. The second kappa shape index (κ2) is 7.61. The summed E-state index contributed by atoms with van der Waals surface area (Å²) in [5, 5.41) is 8.78. The minimum atomic E-state index is 0.455. The number of nitrogens with one attached hydrogen (secondary N) is 1. The van der Waals surface area contributed by atoms with Gasteiger partial charge in [-0.15, -0.1) is 0 Å². The van der Waals surface area contributed by atoms with Crippen molar-refractivity contribution in [2.45, 2.75) is 65.1 Å². The monoisotopic (exact) mass is 313 g/mol. The van der Waals surface area contributed by atoms with E-state index in [1.165, 1.54) is 19.3 Å². The fourth-order valence-electron chi connectivity index (χ4n) is 3.24. The van der Waals surface area contributed by atoms with Gasteiger partial charge in [-0.3, -0.25) is 4.68 Å². The molecule has 0 bridgehead atoms. The van der Waals surface area contributed by atoms with Crippen LogP contribution in [-0.2, 0) is 17.7 Å². The largest absolute Gasteiger partial charge is 0.378 e. The second-order valence-electron chi connectivity index (χ2n) is 6.00. The van der Waals surface area contributed by atoms with Gasteiger partial charge in [-0.05, 0) is 53.0 Å². The van der Waals surface area contributed by atoms with Crippen molar-refractivity contribution in [2.24, 2.45) is 5.92 Å². The molecule has 0 radical (unpaired) electrons. The number of halogens is 1. The van der Waals surface area contributed by atoms with Gasteiger partial charge in [0.15, 0.2) is 0 Å². The first kappa shape index (κ1) is 16.8. The lowest BCUT2D eigenvalue weighted by molar-refractivity contribution is -0.0288. The first-order valence-corrected chi connectivity index (χ1v) is 8.47. The summed E-state index contributed by atoms with van der Waals surface area (Å²) in [7, 11) is 2.04. The molecule has 0 spiro atoms. The molecule has 1 N–H and O–H groups in total. The topological polar surface area (TPSA) is 39.1 Å². The van der Waals surface area contributed by atoms with E-state index in [1.807, 2.05) is 18.7 Å². The molecule has 1 fully saturated rings. The first-order chi connectivity index (χ1) is 10.1. The summed E-state index contributed by atoms with van der Waals surface area (Å²) in [6.45, 7) is 7.86. The summed E-state index contributed by atoms with van der Waals surface area (Å²) in [6.07, 6.45) is 5.02. The molecular formula is C16H28ClN3O. The minimum Gasteiger partial charge on any atom is -0.378 e. The van der Waals surface area contributed by atoms with Crippen LogP contribution in [0.1, 0.15) is 44.5 Å². The third-order valence-corrected chi connectivity index (χ3v) is 5.01. The number of ether oxygens (including phenoxy) is 1. The Morgan fingerprint density at radius 3 is 2.71 bits per heavy atom. The molecule has 0 amide bonds. The number of aryl methyl sites for hydroxylation is 2. The van der Waals surface area contributed by atoms with Gasteiger partial charge in [0.1, 0.15) is 0 Å². The van der Waals surface area contributed by atoms with Crippen molar-refractivity contribution in [3.63, 3.8) is 0 Å². The van der Waals surface area contributed by atoms with Gasteiger partial charge < -0.3 is 10.1 Å². The van der Waals surface area contributed by atoms with Crippen LogP contribution in [0.15, 0.2) is 0 Å². The number of rotatable bonds is 8. The second-order valence-corrected chi connectivity index (χ2v) is 6.38. The molecule has 1 aliphatic rings. The Morgan fingerprint density at radius 2 is 2.14 bits per heavy atom. The van der Waals surface area contributed by atoms with Gasteiger partial charge >= 0.3 is 0 Å². The fraction of sp³-hybridized carbons (Fsp3) is 0.812. The van der Waals surface area contributed by atoms with Crippen molar-refractivity contribution in [2.75, 3.05) is 13.7 Å². The molecule has 1 atom stereocenters. The van der Waals surface area contributed by atoms with Crippen molar-refractivity contribution < 1.29 is 4.74 Å². The Morgan fingerprint density at radius 1 is 1.43 bits per heavy atom. The van der Waals surface area contributed by atoms with Crippen LogP contribution in [0, 0.1) is 12.8 Å². The summed E-state index contributed by atoms with van der Waals surface area (Å²) >= 11 is 6.41. The summed E-state index contributed by atoms with van der Waals surface area (Å²) < 4.78 is 7.68. The van der Waals surface area contributed by atoms with Crippen LogP contribution in [0.3, 0.4) is 0 Å². The first-order valence-electron chi connectivity index (χ1n) is 8.09. The van der Waals surface area contributed by atoms with Crippen LogP contribution in [0.25, 0.3) is 0 Å². The zero-order chi connectivity index (χ0) is 15.4. The Kier molecular flexibility index (Phi) is 6.08. The summed E-state index contributed by atoms with van der Waals surface area (Å²) in [4.78, 5) is 0.